The molecule has 1 atom stereocenters. The number of aryl methyl sites for hydroxylation is 1. The van der Waals surface area contributed by atoms with Crippen LogP contribution < -0.4 is 4.90 Å². The highest BCUT2D eigenvalue weighted by molar-refractivity contribution is 5.57. The molecule has 1 aromatic heterocycles. The predicted octanol–water partition coefficient (Wildman–Crippen LogP) is 1.83. The Hall–Kier alpha value is -1.67. The third-order valence-corrected chi connectivity index (χ3v) is 3.10. The number of likely N-dealkylation sites (N-methyl/N-ethyl adjacent to an activating group) is 1. The number of hydrogen-bond acceptors (Lipinski definition) is 5. The molecule has 0 bridgehead atoms. The first-order chi connectivity index (χ1) is 8.56. The van der Waals surface area contributed by atoms with Crippen molar-refractivity contribution in [2.75, 3.05) is 25.2 Å². The molecule has 98 valence electrons. The Labute approximate surface area is 108 Å². The summed E-state index contributed by atoms with van der Waals surface area (Å²) >= 11 is 0. The van der Waals surface area contributed by atoms with Gasteiger partial charge in [0.25, 0.3) is 0 Å². The molecule has 0 spiro atoms. The van der Waals surface area contributed by atoms with Gasteiger partial charge in [-0.1, -0.05) is 0 Å². The number of nitrogens with zero attached hydrogens (tertiary/aromatic N) is 4. The fourth-order valence-electron chi connectivity index (χ4n) is 1.93. The second-order valence-corrected chi connectivity index (χ2v) is 4.31. The quantitative estimate of drug-likeness (QED) is 0.795. The molecule has 0 aliphatic carbocycles. The van der Waals surface area contributed by atoms with E-state index >= 15 is 0 Å². The van der Waals surface area contributed by atoms with Crippen molar-refractivity contribution in [1.82, 2.24) is 10.2 Å². The van der Waals surface area contributed by atoms with E-state index in [4.69, 9.17) is 4.74 Å². The normalized spacial score (nSPS) is 12.0. The van der Waals surface area contributed by atoms with Crippen molar-refractivity contribution in [3.63, 3.8) is 0 Å². The van der Waals surface area contributed by atoms with E-state index in [1.807, 2.05) is 32.6 Å². The van der Waals surface area contributed by atoms with Crippen molar-refractivity contribution in [3.8, 4) is 6.07 Å². The molecular weight excluding hydrogens is 228 g/mol. The van der Waals surface area contributed by atoms with E-state index < -0.39 is 0 Å². The second-order valence-electron chi connectivity index (χ2n) is 4.31. The van der Waals surface area contributed by atoms with Gasteiger partial charge in [-0.25, -0.2) is 0 Å². The number of aromatic nitrogens is 2. The van der Waals surface area contributed by atoms with Gasteiger partial charge < -0.3 is 9.64 Å². The summed E-state index contributed by atoms with van der Waals surface area (Å²) < 4.78 is 5.16. The van der Waals surface area contributed by atoms with E-state index in [1.165, 1.54) is 0 Å². The van der Waals surface area contributed by atoms with Crippen molar-refractivity contribution in [2.45, 2.75) is 33.7 Å². The van der Waals surface area contributed by atoms with Crippen LogP contribution >= 0.6 is 0 Å². The maximum Gasteiger partial charge on any atom is 0.169 e. The molecule has 5 nitrogen and oxygen atoms in total. The molecule has 0 saturated heterocycles. The first-order valence-corrected chi connectivity index (χ1v) is 6.06. The Morgan fingerprint density at radius 3 is 2.56 bits per heavy atom. The SMILES string of the molecule is CCN(c1nnc(C)c(C)c1C#N)C(C)COC. The van der Waals surface area contributed by atoms with Crippen molar-refractivity contribution in [1.29, 1.82) is 5.26 Å². The minimum atomic E-state index is 0.156. The van der Waals surface area contributed by atoms with Gasteiger partial charge in [0, 0.05) is 13.7 Å². The van der Waals surface area contributed by atoms with E-state index in [0.717, 1.165) is 17.8 Å². The molecule has 0 N–H and O–H groups in total. The van der Waals surface area contributed by atoms with Crippen LogP contribution in [0.5, 0.6) is 0 Å². The van der Waals surface area contributed by atoms with E-state index in [0.29, 0.717) is 18.0 Å². The lowest BCUT2D eigenvalue weighted by molar-refractivity contribution is 0.181. The standard InChI is InChI=1S/C13H20N4O/c1-6-17(9(2)8-18-5)13-12(7-14)10(3)11(4)15-16-13/h9H,6,8H2,1-5H3. The number of anilines is 1. The lowest BCUT2D eigenvalue weighted by Crippen LogP contribution is -2.37. The largest absolute Gasteiger partial charge is 0.383 e. The summed E-state index contributed by atoms with van der Waals surface area (Å²) in [6, 6.07) is 2.39. The average molecular weight is 248 g/mol. The number of ether oxygens (including phenoxy) is 1. The summed E-state index contributed by atoms with van der Waals surface area (Å²) in [6.07, 6.45) is 0. The van der Waals surface area contributed by atoms with Gasteiger partial charge in [-0.3, -0.25) is 0 Å². The Bertz CT molecular complexity index is 453. The van der Waals surface area contributed by atoms with Gasteiger partial charge in [0.15, 0.2) is 5.82 Å². The third-order valence-electron chi connectivity index (χ3n) is 3.10. The van der Waals surface area contributed by atoms with Gasteiger partial charge in [0.05, 0.1) is 18.3 Å². The summed E-state index contributed by atoms with van der Waals surface area (Å²) in [7, 11) is 1.67. The summed E-state index contributed by atoms with van der Waals surface area (Å²) in [4.78, 5) is 2.04. The number of methoxy groups -OCH3 is 1. The summed E-state index contributed by atoms with van der Waals surface area (Å²) in [5.74, 6) is 0.646. The van der Waals surface area contributed by atoms with E-state index in [-0.39, 0.29) is 6.04 Å². The molecule has 0 aromatic carbocycles. The lowest BCUT2D eigenvalue weighted by atomic mass is 10.1. The van der Waals surface area contributed by atoms with Crippen LogP contribution in [0.2, 0.25) is 0 Å². The third kappa shape index (κ3) is 2.77. The number of nitriles is 1. The molecule has 1 aromatic rings. The molecule has 0 saturated carbocycles. The minimum Gasteiger partial charge on any atom is -0.383 e. The maximum atomic E-state index is 9.30. The molecule has 5 heteroatoms. The van der Waals surface area contributed by atoms with Crippen molar-refractivity contribution in [2.24, 2.45) is 0 Å². The van der Waals surface area contributed by atoms with Gasteiger partial charge in [0.1, 0.15) is 11.6 Å². The molecule has 0 aliphatic rings. The Kier molecular flexibility index (Phi) is 5.05. The van der Waals surface area contributed by atoms with Crippen LogP contribution in [-0.4, -0.2) is 36.5 Å². The maximum absolute atomic E-state index is 9.30. The molecule has 1 rings (SSSR count). The molecule has 0 aliphatic heterocycles. The fourth-order valence-corrected chi connectivity index (χ4v) is 1.93. The van der Waals surface area contributed by atoms with Crippen molar-refractivity contribution >= 4 is 5.82 Å². The highest BCUT2D eigenvalue weighted by atomic mass is 16.5. The number of hydrogen-bond donors (Lipinski definition) is 0. The number of rotatable bonds is 5. The Morgan fingerprint density at radius 1 is 1.39 bits per heavy atom. The minimum absolute atomic E-state index is 0.156. The van der Waals surface area contributed by atoms with Gasteiger partial charge in [-0.2, -0.15) is 10.4 Å². The monoisotopic (exact) mass is 248 g/mol. The lowest BCUT2D eigenvalue weighted by Gasteiger charge is -2.29. The van der Waals surface area contributed by atoms with Crippen LogP contribution in [0.15, 0.2) is 0 Å². The van der Waals surface area contributed by atoms with Crippen molar-refractivity contribution < 1.29 is 4.74 Å². The molecular formula is C13H20N4O. The van der Waals surface area contributed by atoms with Gasteiger partial charge in [-0.15, -0.1) is 5.10 Å². The summed E-state index contributed by atoms with van der Waals surface area (Å²) in [5, 5.41) is 17.6. The molecule has 0 fully saturated rings. The van der Waals surface area contributed by atoms with Gasteiger partial charge >= 0.3 is 0 Å². The van der Waals surface area contributed by atoms with Gasteiger partial charge in [-0.05, 0) is 33.3 Å². The Balaban J connectivity index is 3.22. The smallest absolute Gasteiger partial charge is 0.169 e. The molecule has 1 unspecified atom stereocenters. The first-order valence-electron chi connectivity index (χ1n) is 6.06. The van der Waals surface area contributed by atoms with Crippen molar-refractivity contribution in [3.05, 3.63) is 16.8 Å². The topological polar surface area (TPSA) is 62.0 Å². The zero-order valence-electron chi connectivity index (χ0n) is 11.7. The van der Waals surface area contributed by atoms with Crippen LogP contribution in [-0.2, 0) is 4.74 Å². The Morgan fingerprint density at radius 2 is 2.06 bits per heavy atom. The fraction of sp³-hybridized carbons (Fsp3) is 0.615. The van der Waals surface area contributed by atoms with Crippen LogP contribution in [0, 0.1) is 25.2 Å². The highest BCUT2D eigenvalue weighted by Gasteiger charge is 2.20. The van der Waals surface area contributed by atoms with Gasteiger partial charge in [0.2, 0.25) is 0 Å². The van der Waals surface area contributed by atoms with E-state index in [1.54, 1.807) is 7.11 Å². The van der Waals surface area contributed by atoms with Crippen LogP contribution in [0.25, 0.3) is 0 Å². The predicted molar refractivity (Wildman–Crippen MR) is 70.6 cm³/mol. The molecule has 1 heterocycles. The summed E-state index contributed by atoms with van der Waals surface area (Å²) in [6.45, 7) is 9.20. The second kappa shape index (κ2) is 6.31. The van der Waals surface area contributed by atoms with Crippen LogP contribution in [0.3, 0.4) is 0 Å². The molecule has 0 radical (unpaired) electrons. The first kappa shape index (κ1) is 14.4. The average Bonchev–Trinajstić information content (AvgIpc) is 2.35. The zero-order chi connectivity index (χ0) is 13.7. The highest BCUT2D eigenvalue weighted by Crippen LogP contribution is 2.22. The summed E-state index contributed by atoms with van der Waals surface area (Å²) in [5.41, 5.74) is 2.30. The van der Waals surface area contributed by atoms with Crippen LogP contribution in [0.4, 0.5) is 5.82 Å². The molecule has 18 heavy (non-hydrogen) atoms. The van der Waals surface area contributed by atoms with E-state index in [2.05, 4.69) is 16.3 Å². The van der Waals surface area contributed by atoms with Crippen LogP contribution in [0.1, 0.15) is 30.7 Å². The molecule has 0 amide bonds. The zero-order valence-corrected chi connectivity index (χ0v) is 11.7. The van der Waals surface area contributed by atoms with E-state index in [9.17, 15) is 5.26 Å².